The van der Waals surface area contributed by atoms with Crippen molar-refractivity contribution in [1.82, 2.24) is 0 Å². The summed E-state index contributed by atoms with van der Waals surface area (Å²) in [5, 5.41) is 65.4. The maximum atomic E-state index is 13.5. The highest BCUT2D eigenvalue weighted by atomic mass is 19.5. The highest BCUT2D eigenvalue weighted by Crippen LogP contribution is 2.66. The van der Waals surface area contributed by atoms with Crippen LogP contribution in [0.3, 0.4) is 0 Å². The Labute approximate surface area is 788 Å². The van der Waals surface area contributed by atoms with Crippen LogP contribution in [0.1, 0.15) is 178 Å². The van der Waals surface area contributed by atoms with Gasteiger partial charge in [0.2, 0.25) is 0 Å². The summed E-state index contributed by atoms with van der Waals surface area (Å²) in [6, 6.07) is 0. The van der Waals surface area contributed by atoms with E-state index in [4.69, 9.17) is 5.11 Å². The van der Waals surface area contributed by atoms with Gasteiger partial charge in [-0.3, -0.25) is 19.2 Å². The number of hydrogen-bond acceptors (Lipinski definition) is 15. The SMILES string of the molecule is CC(O)(C(F)(F)F)C(F)(F)F.CCC(C)(C(=O)OC(C1CCCCC1)(C(F)(F)F)C(F)(F)F)C(F)(F)F.CCC(C)(C(=O)OC1CC(C(O)(C(F)(F)F)C(F)(F)F)CC(C(O)(C(F)(F)F)C(F)(F)F)C1)C(F)(F)F.CCC(C)(C(=O)OC1CC(C(O)(C(F)(F)F)C(F)(F)F)CC(C(O)(C(F)(F)F)C(F)(F)F)C1)C(F)(F)F.CCC(C)(C(=O)OC1CC(C(O)(C(F)(F)F)C(F)(F)F)CC(C(O)(C(F)(F)F)C(F)(F)F)C1)C(F)(F)F. The number of ether oxygens (including phenoxy) is 4. The van der Waals surface area contributed by atoms with E-state index in [1.165, 1.54) is 0 Å². The predicted molar refractivity (Wildman–Crippen MR) is 363 cm³/mol. The van der Waals surface area contributed by atoms with Gasteiger partial charge in [-0.1, -0.05) is 47.0 Å². The van der Waals surface area contributed by atoms with Gasteiger partial charge in [-0.05, 0) is 131 Å². The van der Waals surface area contributed by atoms with E-state index in [2.05, 4.69) is 18.9 Å². The fraction of sp³-hybridized carbons (Fsp3) is 0.945. The first-order valence-corrected chi connectivity index (χ1v) is 40.4. The molecule has 4 fully saturated rings. The largest absolute Gasteiger partial charge is 0.462 e. The van der Waals surface area contributed by atoms with Gasteiger partial charge < -0.3 is 54.7 Å². The van der Waals surface area contributed by atoms with Crippen molar-refractivity contribution in [3.63, 3.8) is 0 Å². The fourth-order valence-electron chi connectivity index (χ4n) is 15.3. The highest BCUT2D eigenvalue weighted by Gasteiger charge is 2.85. The molecule has 0 spiro atoms. The number of halogens is 60. The van der Waals surface area contributed by atoms with Crippen LogP contribution in [-0.4, -0.2) is 246 Å². The molecular weight excluding hydrogens is 2260 g/mol. The Hall–Kier alpha value is -6.60. The molecule has 4 aliphatic carbocycles. The quantitative estimate of drug-likeness (QED) is 0.0361. The molecule has 4 aliphatic rings. The van der Waals surface area contributed by atoms with Crippen molar-refractivity contribution in [2.24, 2.45) is 63.1 Å². The molecule has 0 aliphatic heterocycles. The van der Waals surface area contributed by atoms with Crippen LogP contribution in [-0.2, 0) is 38.1 Å². The molecule has 0 aromatic carbocycles. The molecule has 0 bridgehead atoms. The molecule has 0 saturated heterocycles. The third-order valence-corrected chi connectivity index (χ3v) is 26.1. The lowest BCUT2D eigenvalue weighted by molar-refractivity contribution is -0.406. The monoisotopic (exact) mass is 2340 g/mol. The summed E-state index contributed by atoms with van der Waals surface area (Å²) in [7, 11) is 0. The fourth-order valence-corrected chi connectivity index (χ4v) is 15.3. The van der Waals surface area contributed by atoms with Crippen LogP contribution >= 0.6 is 0 Å². The normalized spacial score (nSPS) is 23.5. The molecule has 0 radical (unpaired) electrons. The van der Waals surface area contributed by atoms with Crippen molar-refractivity contribution < 1.29 is 337 Å². The van der Waals surface area contributed by atoms with Gasteiger partial charge in [0.25, 0.3) is 39.2 Å². The molecule has 7 N–H and O–H groups in total. The van der Waals surface area contributed by atoms with Crippen LogP contribution in [0.4, 0.5) is 263 Å². The summed E-state index contributed by atoms with van der Waals surface area (Å²) in [5.74, 6) is -34.0. The minimum absolute atomic E-state index is 0.0282. The Morgan fingerprint density at radius 2 is 0.338 bits per heavy atom. The lowest BCUT2D eigenvalue weighted by Crippen LogP contribution is -2.67. The molecule has 10 unspecified atom stereocenters. The summed E-state index contributed by atoms with van der Waals surface area (Å²) in [6.45, 7) is 3.42. The van der Waals surface area contributed by atoms with Gasteiger partial charge in [-0.2, -0.15) is 263 Å². The van der Waals surface area contributed by atoms with Crippen molar-refractivity contribution in [2.45, 2.75) is 365 Å². The number of carbonyl (C=O) groups excluding carboxylic acids is 4. The van der Waals surface area contributed by atoms with Gasteiger partial charge in [0, 0.05) is 41.4 Å². The van der Waals surface area contributed by atoms with Gasteiger partial charge in [-0.25, -0.2) is 0 Å². The van der Waals surface area contributed by atoms with E-state index < -0.39 is 370 Å². The molecule has 0 heterocycles. The maximum Gasteiger partial charge on any atom is 0.437 e. The van der Waals surface area contributed by atoms with Gasteiger partial charge in [0.05, 0.1) is 0 Å². The minimum Gasteiger partial charge on any atom is -0.462 e. The smallest absolute Gasteiger partial charge is 0.437 e. The Morgan fingerprint density at radius 1 is 0.196 bits per heavy atom. The Balaban J connectivity index is 0.00000189. The van der Waals surface area contributed by atoms with Crippen LogP contribution in [0.15, 0.2) is 0 Å². The first kappa shape index (κ1) is 141. The van der Waals surface area contributed by atoms with Crippen molar-refractivity contribution >= 4 is 23.9 Å². The molecule has 10 atom stereocenters. The average Bonchev–Trinajstić information content (AvgIpc) is 0.716. The van der Waals surface area contributed by atoms with Gasteiger partial charge in [0.1, 0.15) is 18.3 Å². The third kappa shape index (κ3) is 27.4. The highest BCUT2D eigenvalue weighted by molar-refractivity contribution is 5.79. The van der Waals surface area contributed by atoms with E-state index in [0.717, 1.165) is 27.7 Å². The van der Waals surface area contributed by atoms with Gasteiger partial charge in [0.15, 0.2) is 21.7 Å². The predicted octanol–water partition coefficient (Wildman–Crippen LogP) is 25.8. The number of alkyl halides is 60. The molecule has 0 aromatic heterocycles. The third-order valence-electron chi connectivity index (χ3n) is 26.1. The van der Waals surface area contributed by atoms with Crippen LogP contribution in [0.5, 0.6) is 0 Å². The molecule has 75 heteroatoms. The Kier molecular flexibility index (Phi) is 41.9. The molecular formula is C73H80F60O15. The summed E-state index contributed by atoms with van der Waals surface area (Å²) in [4.78, 5) is 48.4. The molecule has 882 valence electrons. The lowest BCUT2D eigenvalue weighted by atomic mass is 9.65. The number of aliphatic hydroxyl groups is 7. The second-order valence-corrected chi connectivity index (χ2v) is 35.2. The van der Waals surface area contributed by atoms with Crippen LogP contribution in [0.25, 0.3) is 0 Å². The van der Waals surface area contributed by atoms with Crippen molar-refractivity contribution in [3.05, 3.63) is 0 Å². The maximum absolute atomic E-state index is 13.5. The standard InChI is InChI=1S/3C18H19F15O4.C15H19F9O2.C4H4F6O/c3*1-3-11(2,14(19,20)21)10(34)37-9-5-7(12(35,15(22,23)24)16(25,26)27)4-8(6-9)13(36,17(28,29)30)18(31,32)33;1-3-11(2,13(16,17)18)10(25)26-12(14(19,20)21,15(22,23)24)9-7-5-4-6-8-9;1-2(11,3(5,6)7)4(8,9)10/h3*7-9,35-36H,3-6H2,1-2H3;9H,3-8H2,1-2H3;11H,1H3. The summed E-state index contributed by atoms with van der Waals surface area (Å²) < 4.78 is 805. The Morgan fingerprint density at radius 3 is 0.446 bits per heavy atom. The summed E-state index contributed by atoms with van der Waals surface area (Å²) in [6.07, 6.45) is -159. The Bertz CT molecular complexity index is 3720. The molecule has 148 heavy (non-hydrogen) atoms. The molecule has 0 amide bonds. The zero-order valence-electron chi connectivity index (χ0n) is 74.6. The summed E-state index contributed by atoms with van der Waals surface area (Å²) >= 11 is 0. The number of esters is 4. The lowest BCUT2D eigenvalue weighted by Gasteiger charge is -2.48. The summed E-state index contributed by atoms with van der Waals surface area (Å²) in [5.41, 5.74) is -59.5. The van der Waals surface area contributed by atoms with E-state index in [0.29, 0.717) is 6.42 Å². The minimum atomic E-state index is -6.77. The topological polar surface area (TPSA) is 247 Å². The first-order valence-electron chi connectivity index (χ1n) is 40.4. The number of carbonyl (C=O) groups is 4. The van der Waals surface area contributed by atoms with Crippen molar-refractivity contribution in [2.75, 3.05) is 0 Å². The van der Waals surface area contributed by atoms with Crippen molar-refractivity contribution in [3.8, 4) is 0 Å². The van der Waals surface area contributed by atoms with E-state index in [-0.39, 0.29) is 47.5 Å². The van der Waals surface area contributed by atoms with E-state index in [9.17, 15) is 313 Å². The van der Waals surface area contributed by atoms with Crippen LogP contribution in [0.2, 0.25) is 0 Å². The van der Waals surface area contributed by atoms with Crippen molar-refractivity contribution in [1.29, 1.82) is 0 Å². The van der Waals surface area contributed by atoms with E-state index >= 15 is 0 Å². The molecule has 0 aromatic rings. The zero-order valence-corrected chi connectivity index (χ0v) is 74.6. The number of hydrogen-bond donors (Lipinski definition) is 7. The van der Waals surface area contributed by atoms with Crippen LogP contribution < -0.4 is 0 Å². The average molecular weight is 2340 g/mol. The molecule has 15 nitrogen and oxygen atoms in total. The molecule has 4 saturated carbocycles. The van der Waals surface area contributed by atoms with Crippen LogP contribution in [0, 0.1) is 63.1 Å². The zero-order chi connectivity index (χ0) is 120. The second-order valence-electron chi connectivity index (χ2n) is 35.2. The first-order chi connectivity index (χ1) is 64.1. The van der Waals surface area contributed by atoms with Gasteiger partial charge >= 0.3 is 153 Å². The second kappa shape index (κ2) is 43.9. The van der Waals surface area contributed by atoms with E-state index in [1.807, 2.05) is 0 Å². The van der Waals surface area contributed by atoms with Gasteiger partial charge in [-0.15, -0.1) is 0 Å². The number of rotatable bonds is 19. The molecule has 4 rings (SSSR count). The van der Waals surface area contributed by atoms with E-state index in [1.54, 1.807) is 0 Å².